The minimum absolute atomic E-state index is 0.446. The molecule has 72 valence electrons. The molecule has 14 heavy (non-hydrogen) atoms. The maximum absolute atomic E-state index is 5.48. The SMILES string of the molecule is Cc1nc(COc2ccccc2)co1. The topological polar surface area (TPSA) is 35.3 Å². The quantitative estimate of drug-likeness (QED) is 0.744. The summed E-state index contributed by atoms with van der Waals surface area (Å²) in [4.78, 5) is 4.13. The van der Waals surface area contributed by atoms with Crippen LogP contribution in [0.5, 0.6) is 5.75 Å². The second-order valence-electron chi connectivity index (χ2n) is 2.96. The highest BCUT2D eigenvalue weighted by Gasteiger charge is 1.99. The van der Waals surface area contributed by atoms with E-state index in [2.05, 4.69) is 4.98 Å². The van der Waals surface area contributed by atoms with E-state index in [1.165, 1.54) is 0 Å². The summed E-state index contributed by atoms with van der Waals surface area (Å²) in [7, 11) is 0. The van der Waals surface area contributed by atoms with Crippen molar-refractivity contribution in [2.45, 2.75) is 13.5 Å². The second-order valence-corrected chi connectivity index (χ2v) is 2.96. The summed E-state index contributed by atoms with van der Waals surface area (Å²) in [6.07, 6.45) is 1.61. The van der Waals surface area contributed by atoms with Gasteiger partial charge in [-0.2, -0.15) is 0 Å². The summed E-state index contributed by atoms with van der Waals surface area (Å²) in [5, 5.41) is 0. The molecule has 1 aromatic heterocycles. The van der Waals surface area contributed by atoms with Crippen LogP contribution in [0.1, 0.15) is 11.6 Å². The molecule has 0 spiro atoms. The lowest BCUT2D eigenvalue weighted by Crippen LogP contribution is -1.95. The summed E-state index contributed by atoms with van der Waals surface area (Å²) in [6, 6.07) is 9.64. The van der Waals surface area contributed by atoms with Crippen LogP contribution >= 0.6 is 0 Å². The van der Waals surface area contributed by atoms with Crippen molar-refractivity contribution >= 4 is 0 Å². The third-order valence-electron chi connectivity index (χ3n) is 1.80. The van der Waals surface area contributed by atoms with Gasteiger partial charge in [0.25, 0.3) is 0 Å². The average molecular weight is 189 g/mol. The van der Waals surface area contributed by atoms with Gasteiger partial charge in [0.2, 0.25) is 0 Å². The maximum atomic E-state index is 5.48. The molecule has 0 aliphatic heterocycles. The van der Waals surface area contributed by atoms with Gasteiger partial charge in [-0.3, -0.25) is 0 Å². The number of hydrogen-bond donors (Lipinski definition) is 0. The van der Waals surface area contributed by atoms with Crippen molar-refractivity contribution in [3.05, 3.63) is 48.2 Å². The number of rotatable bonds is 3. The number of ether oxygens (including phenoxy) is 1. The molecule has 0 saturated heterocycles. The van der Waals surface area contributed by atoms with Crippen LogP contribution in [0.3, 0.4) is 0 Å². The first kappa shape index (κ1) is 8.81. The molecular weight excluding hydrogens is 178 g/mol. The Morgan fingerprint density at radius 1 is 1.29 bits per heavy atom. The Morgan fingerprint density at radius 2 is 2.07 bits per heavy atom. The number of para-hydroxylation sites is 1. The normalized spacial score (nSPS) is 10.1. The van der Waals surface area contributed by atoms with Crippen LogP contribution in [-0.4, -0.2) is 4.98 Å². The Bertz CT molecular complexity index is 395. The molecule has 0 radical (unpaired) electrons. The van der Waals surface area contributed by atoms with E-state index in [0.717, 1.165) is 11.4 Å². The van der Waals surface area contributed by atoms with Gasteiger partial charge in [-0.15, -0.1) is 0 Å². The highest BCUT2D eigenvalue weighted by atomic mass is 16.5. The zero-order chi connectivity index (χ0) is 9.80. The summed E-state index contributed by atoms with van der Waals surface area (Å²) >= 11 is 0. The summed E-state index contributed by atoms with van der Waals surface area (Å²) in [5.41, 5.74) is 0.811. The third-order valence-corrected chi connectivity index (χ3v) is 1.80. The molecule has 0 saturated carbocycles. The molecule has 0 N–H and O–H groups in total. The number of aromatic nitrogens is 1. The standard InChI is InChI=1S/C11H11NO2/c1-9-12-10(7-13-9)8-14-11-5-3-2-4-6-11/h2-7H,8H2,1H3. The predicted molar refractivity (Wildman–Crippen MR) is 52.0 cm³/mol. The molecule has 0 fully saturated rings. The fourth-order valence-electron chi connectivity index (χ4n) is 1.15. The number of oxazole rings is 1. The van der Waals surface area contributed by atoms with E-state index in [1.807, 2.05) is 37.3 Å². The van der Waals surface area contributed by atoms with Crippen LogP contribution in [0.25, 0.3) is 0 Å². The molecule has 3 heteroatoms. The van der Waals surface area contributed by atoms with Gasteiger partial charge in [0.15, 0.2) is 5.89 Å². The summed E-state index contributed by atoms with van der Waals surface area (Å²) in [5.74, 6) is 1.50. The zero-order valence-corrected chi connectivity index (χ0v) is 7.93. The molecule has 0 unspecified atom stereocenters. The van der Waals surface area contributed by atoms with E-state index in [-0.39, 0.29) is 0 Å². The van der Waals surface area contributed by atoms with Crippen molar-refractivity contribution in [2.24, 2.45) is 0 Å². The first-order valence-corrected chi connectivity index (χ1v) is 4.43. The highest BCUT2D eigenvalue weighted by molar-refractivity contribution is 5.21. The van der Waals surface area contributed by atoms with Crippen molar-refractivity contribution in [3.8, 4) is 5.75 Å². The van der Waals surface area contributed by atoms with Gasteiger partial charge < -0.3 is 9.15 Å². The fourth-order valence-corrected chi connectivity index (χ4v) is 1.15. The number of hydrogen-bond acceptors (Lipinski definition) is 3. The minimum Gasteiger partial charge on any atom is -0.487 e. The molecule has 0 bridgehead atoms. The van der Waals surface area contributed by atoms with Crippen molar-refractivity contribution < 1.29 is 9.15 Å². The Morgan fingerprint density at radius 3 is 2.71 bits per heavy atom. The molecule has 1 heterocycles. The first-order valence-electron chi connectivity index (χ1n) is 4.43. The monoisotopic (exact) mass is 189 g/mol. The molecule has 2 rings (SSSR count). The summed E-state index contributed by atoms with van der Waals surface area (Å²) < 4.78 is 10.5. The van der Waals surface area contributed by atoms with Gasteiger partial charge in [0.1, 0.15) is 24.3 Å². The van der Waals surface area contributed by atoms with Gasteiger partial charge in [-0.05, 0) is 12.1 Å². The van der Waals surface area contributed by atoms with E-state index >= 15 is 0 Å². The summed E-state index contributed by atoms with van der Waals surface area (Å²) in [6.45, 7) is 2.26. The molecule has 3 nitrogen and oxygen atoms in total. The van der Waals surface area contributed by atoms with Crippen LogP contribution in [0.2, 0.25) is 0 Å². The lowest BCUT2D eigenvalue weighted by atomic mass is 10.3. The molecule has 2 aromatic rings. The van der Waals surface area contributed by atoms with Gasteiger partial charge in [-0.25, -0.2) is 4.98 Å². The average Bonchev–Trinajstić information content (AvgIpc) is 2.63. The van der Waals surface area contributed by atoms with Gasteiger partial charge >= 0.3 is 0 Å². The Balaban J connectivity index is 1.95. The molecule has 0 atom stereocenters. The van der Waals surface area contributed by atoms with E-state index in [4.69, 9.17) is 9.15 Å². The Kier molecular flexibility index (Phi) is 2.49. The van der Waals surface area contributed by atoms with Crippen LogP contribution < -0.4 is 4.74 Å². The van der Waals surface area contributed by atoms with Gasteiger partial charge in [0, 0.05) is 6.92 Å². The second kappa shape index (κ2) is 3.96. The van der Waals surface area contributed by atoms with Crippen molar-refractivity contribution in [2.75, 3.05) is 0 Å². The molecule has 0 aliphatic carbocycles. The lowest BCUT2D eigenvalue weighted by Gasteiger charge is -2.01. The van der Waals surface area contributed by atoms with Crippen molar-refractivity contribution in [1.82, 2.24) is 4.98 Å². The number of nitrogens with zero attached hydrogens (tertiary/aromatic N) is 1. The fraction of sp³-hybridized carbons (Fsp3) is 0.182. The largest absolute Gasteiger partial charge is 0.487 e. The van der Waals surface area contributed by atoms with Crippen LogP contribution in [-0.2, 0) is 6.61 Å². The maximum Gasteiger partial charge on any atom is 0.191 e. The number of aryl methyl sites for hydroxylation is 1. The third kappa shape index (κ3) is 2.13. The predicted octanol–water partition coefficient (Wildman–Crippen LogP) is 2.56. The van der Waals surface area contributed by atoms with E-state index in [9.17, 15) is 0 Å². The van der Waals surface area contributed by atoms with Crippen LogP contribution in [0.15, 0.2) is 41.0 Å². The van der Waals surface area contributed by atoms with E-state index in [1.54, 1.807) is 6.26 Å². The molecular formula is C11H11NO2. The van der Waals surface area contributed by atoms with E-state index < -0.39 is 0 Å². The van der Waals surface area contributed by atoms with E-state index in [0.29, 0.717) is 12.5 Å². The van der Waals surface area contributed by atoms with Gasteiger partial charge in [-0.1, -0.05) is 18.2 Å². The molecule has 1 aromatic carbocycles. The van der Waals surface area contributed by atoms with Crippen LogP contribution in [0, 0.1) is 6.92 Å². The van der Waals surface area contributed by atoms with Crippen LogP contribution in [0.4, 0.5) is 0 Å². The Hall–Kier alpha value is -1.77. The number of benzene rings is 1. The molecule has 0 amide bonds. The van der Waals surface area contributed by atoms with Crippen molar-refractivity contribution in [3.63, 3.8) is 0 Å². The highest BCUT2D eigenvalue weighted by Crippen LogP contribution is 2.11. The lowest BCUT2D eigenvalue weighted by molar-refractivity contribution is 0.301. The van der Waals surface area contributed by atoms with Gasteiger partial charge in [0.05, 0.1) is 0 Å². The first-order chi connectivity index (χ1) is 6.84. The Labute approximate surface area is 82.3 Å². The minimum atomic E-state index is 0.446. The zero-order valence-electron chi connectivity index (χ0n) is 7.93. The van der Waals surface area contributed by atoms with Crippen molar-refractivity contribution in [1.29, 1.82) is 0 Å². The molecule has 0 aliphatic rings. The smallest absolute Gasteiger partial charge is 0.191 e.